The van der Waals surface area contributed by atoms with Crippen LogP contribution in [0, 0.1) is 62.3 Å². The third-order valence-electron chi connectivity index (χ3n) is 12.4. The summed E-state index contributed by atoms with van der Waals surface area (Å²) in [6.45, 7) is 96.1. The van der Waals surface area contributed by atoms with Crippen molar-refractivity contribution in [3.05, 3.63) is 311 Å². The highest BCUT2D eigenvalue weighted by molar-refractivity contribution is 5.85. The van der Waals surface area contributed by atoms with Gasteiger partial charge in [0.1, 0.15) is 74.7 Å². The van der Waals surface area contributed by atoms with E-state index in [1.165, 1.54) is 125 Å². The first-order valence-corrected chi connectivity index (χ1v) is 52.8. The Morgan fingerprint density at radius 3 is 0.465 bits per heavy atom. The van der Waals surface area contributed by atoms with Gasteiger partial charge in [-0.25, -0.2) is 0 Å². The number of phenolic OH excluding ortho intramolecular Hbond substituents is 16. The maximum absolute atomic E-state index is 9.14. The molecule has 12 aromatic rings. The monoisotopic (exact) mass is 2020 g/mol. The van der Waals surface area contributed by atoms with E-state index in [-0.39, 0.29) is 46.0 Å². The molecule has 16 nitrogen and oxygen atoms in total. The maximum atomic E-state index is 9.14. The lowest BCUT2D eigenvalue weighted by Crippen LogP contribution is -1.76. The smallest absolute Gasteiger partial charge is 0.200 e. The minimum absolute atomic E-state index is 0.0880. The van der Waals surface area contributed by atoms with Crippen LogP contribution in [0.15, 0.2) is 261 Å². The highest BCUT2D eigenvalue weighted by Crippen LogP contribution is 2.33. The Bertz CT molecular complexity index is 3800. The zero-order valence-electron chi connectivity index (χ0n) is 100. The molecule has 0 saturated heterocycles. The molecule has 0 heterocycles. The van der Waals surface area contributed by atoms with Crippen LogP contribution >= 0.6 is 0 Å². The Balaban J connectivity index is -0.0000000727. The molecule has 144 heavy (non-hydrogen) atoms. The SMILES string of the molecule is CC.CC.CC.CC.CC.CC.CC.CC.CCC.CCC.CCC.CCC.CCC.CCC.CCC.CCC.CCC.CCC.CCC.Cc1ccc(O)cc1C.Cc1ccc(O)cc1O.Cc1cccc(O)c1.Cc1cccc(O)c1.Cc1cccc(O)c1.Cc1cccc(O)c1.Cc1cccc(O)c1.Cc1ccccc1O.Oc1ccc2ccc(O)cc2c1.Oc1cccc(O)c1.Oc1cccc(O)c1O. The molecule has 16 N–H and O–H groups in total. The molecule has 0 aliphatic heterocycles. The summed E-state index contributed by atoms with van der Waals surface area (Å²) in [5.41, 5.74) is 9.48. The van der Waals surface area contributed by atoms with Crippen molar-refractivity contribution in [3.8, 4) is 92.0 Å². The highest BCUT2D eigenvalue weighted by Gasteiger charge is 2.02. The summed E-state index contributed by atoms with van der Waals surface area (Å²) < 4.78 is 0. The maximum Gasteiger partial charge on any atom is 0.200 e. The summed E-state index contributed by atoms with van der Waals surface area (Å²) in [4.78, 5) is 0. The number of fused-ring (bicyclic) bond motifs is 1. The lowest BCUT2D eigenvalue weighted by Gasteiger charge is -1.98. The van der Waals surface area contributed by atoms with Crippen molar-refractivity contribution >= 4 is 10.8 Å². The Hall–Kier alpha value is -12.3. The van der Waals surface area contributed by atoms with E-state index in [0.717, 1.165) is 55.3 Å². The zero-order valence-corrected chi connectivity index (χ0v) is 100. The van der Waals surface area contributed by atoms with E-state index in [9.17, 15) is 0 Å². The van der Waals surface area contributed by atoms with Gasteiger partial charge in [-0.1, -0.05) is 449 Å². The van der Waals surface area contributed by atoms with Gasteiger partial charge in [0.2, 0.25) is 0 Å². The fraction of sp³-hybridized carbons (Fsp3) is 0.453. The van der Waals surface area contributed by atoms with Crippen molar-refractivity contribution in [2.45, 2.75) is 396 Å². The minimum atomic E-state index is -0.475. The minimum Gasteiger partial charge on any atom is -0.508 e. The van der Waals surface area contributed by atoms with Gasteiger partial charge in [-0.2, -0.15) is 0 Å². The normalized spacial score (nSPS) is 7.88. The topological polar surface area (TPSA) is 324 Å². The van der Waals surface area contributed by atoms with E-state index in [0.29, 0.717) is 40.2 Å². The van der Waals surface area contributed by atoms with Crippen molar-refractivity contribution in [3.63, 3.8) is 0 Å². The van der Waals surface area contributed by atoms with Gasteiger partial charge in [-0.05, 0) is 257 Å². The van der Waals surface area contributed by atoms with Crippen LogP contribution < -0.4 is 0 Å². The third-order valence-corrected chi connectivity index (χ3v) is 12.4. The molecule has 830 valence electrons. The van der Waals surface area contributed by atoms with Crippen LogP contribution in [-0.4, -0.2) is 81.7 Å². The standard InChI is InChI=1S/C10H8O2.C8H10O.C7H8O2.6C7H8O.C6H6O3.C6H6O2.11C3H8.8C2H6/c11-9-3-1-7-2-4-10(12)6-8(7)5-9;1-6-3-4-8(9)5-7(6)2;1-5-2-3-6(8)4-7(5)9;5*1-6-3-2-4-7(8)5-6;1-6-4-2-3-5-7(6)8;7-4-2-1-3-5(8)6(4)9;7-5-2-1-3-6(8)4-5;11*1-3-2;8*1-2/h1-6,11-12H;3-5,9H,1-2H3;2-4,8-9H,1H3;6*2-5,8H,1H3;1-3,7-9H;1-4,7-8H;11*3H2,1-2H3;8*1-2H3. The van der Waals surface area contributed by atoms with E-state index in [1.54, 1.807) is 122 Å². The van der Waals surface area contributed by atoms with Crippen molar-refractivity contribution in [2.75, 3.05) is 0 Å². The number of aryl methyl sites for hydroxylation is 9. The summed E-state index contributed by atoms with van der Waals surface area (Å²) in [6.07, 6.45) is 13.8. The Morgan fingerprint density at radius 1 is 0.132 bits per heavy atom. The molecular formula is C128H222O16. The Labute approximate surface area is 886 Å². The predicted octanol–water partition coefficient (Wildman–Crippen LogP) is 41.6. The second-order valence-electron chi connectivity index (χ2n) is 28.9. The van der Waals surface area contributed by atoms with Crippen LogP contribution in [-0.2, 0) is 0 Å². The third kappa shape index (κ3) is 147. The Morgan fingerprint density at radius 2 is 0.306 bits per heavy atom. The van der Waals surface area contributed by atoms with E-state index < -0.39 is 5.75 Å². The van der Waals surface area contributed by atoms with Gasteiger partial charge < -0.3 is 81.7 Å². The number of hydrogen-bond donors (Lipinski definition) is 16. The fourth-order valence-corrected chi connectivity index (χ4v) is 7.26. The van der Waals surface area contributed by atoms with Crippen molar-refractivity contribution in [1.29, 1.82) is 0 Å². The van der Waals surface area contributed by atoms with Gasteiger partial charge in [0.25, 0.3) is 0 Å². The van der Waals surface area contributed by atoms with Gasteiger partial charge in [0.15, 0.2) is 17.2 Å². The lowest BCUT2D eigenvalue weighted by molar-refractivity contribution is 0.368. The predicted molar refractivity (Wildman–Crippen MR) is 644 cm³/mol. The average Bonchev–Trinajstić information content (AvgIpc) is 0.845. The molecule has 0 aromatic heterocycles. The van der Waals surface area contributed by atoms with Crippen LogP contribution in [0.5, 0.6) is 92.0 Å². The molecule has 0 amide bonds. The average molecular weight is 2020 g/mol. The van der Waals surface area contributed by atoms with Crippen LogP contribution in [0.1, 0.15) is 384 Å². The van der Waals surface area contributed by atoms with Gasteiger partial charge in [0, 0.05) is 12.1 Å². The van der Waals surface area contributed by atoms with Crippen molar-refractivity contribution in [2.24, 2.45) is 0 Å². The quantitative estimate of drug-likeness (QED) is 0.0627. The molecule has 0 spiro atoms. The number of para-hydroxylation sites is 2. The second kappa shape index (κ2) is 146. The fourth-order valence-electron chi connectivity index (χ4n) is 7.26. The Kier molecular flexibility index (Phi) is 176. The molecule has 0 fully saturated rings. The van der Waals surface area contributed by atoms with Gasteiger partial charge >= 0.3 is 0 Å². The molecule has 0 aliphatic rings. The van der Waals surface area contributed by atoms with E-state index >= 15 is 0 Å². The van der Waals surface area contributed by atoms with Crippen LogP contribution in [0.3, 0.4) is 0 Å². The molecule has 0 unspecified atom stereocenters. The molecule has 0 radical (unpaired) electrons. The molecular weight excluding hydrogens is 1790 g/mol. The summed E-state index contributed by atoms with van der Waals surface area (Å²) in [6, 6.07) is 72.8. The number of hydrogen-bond acceptors (Lipinski definition) is 16. The summed E-state index contributed by atoms with van der Waals surface area (Å²) in [7, 11) is 0. The molecule has 0 atom stereocenters. The second-order valence-corrected chi connectivity index (χ2v) is 28.9. The zero-order chi connectivity index (χ0) is 117. The van der Waals surface area contributed by atoms with Crippen LogP contribution in [0.4, 0.5) is 0 Å². The first kappa shape index (κ1) is 174. The first-order chi connectivity index (χ1) is 68.5. The summed E-state index contributed by atoms with van der Waals surface area (Å²) in [5, 5.41) is 143. The van der Waals surface area contributed by atoms with E-state index in [2.05, 4.69) is 152 Å². The lowest BCUT2D eigenvalue weighted by atomic mass is 10.1. The molecule has 0 saturated carbocycles. The summed E-state index contributed by atoms with van der Waals surface area (Å²) in [5.74, 6) is 2.15. The van der Waals surface area contributed by atoms with Crippen LogP contribution in [0.25, 0.3) is 10.8 Å². The molecule has 0 bridgehead atoms. The van der Waals surface area contributed by atoms with Crippen LogP contribution in [0.2, 0.25) is 0 Å². The molecule has 16 heteroatoms. The molecule has 12 rings (SSSR count). The number of aromatic hydroxyl groups is 16. The van der Waals surface area contributed by atoms with Gasteiger partial charge in [-0.15, -0.1) is 0 Å². The van der Waals surface area contributed by atoms with Gasteiger partial charge in [0.05, 0.1) is 0 Å². The molecule has 0 aliphatic carbocycles. The largest absolute Gasteiger partial charge is 0.508 e. The van der Waals surface area contributed by atoms with Crippen molar-refractivity contribution < 1.29 is 81.7 Å². The number of phenols is 16. The number of rotatable bonds is 0. The van der Waals surface area contributed by atoms with E-state index in [1.807, 2.05) is 263 Å². The molecule has 12 aromatic carbocycles. The van der Waals surface area contributed by atoms with Crippen molar-refractivity contribution in [1.82, 2.24) is 0 Å². The van der Waals surface area contributed by atoms with E-state index in [4.69, 9.17) is 81.7 Å². The first-order valence-electron chi connectivity index (χ1n) is 52.8. The highest BCUT2D eigenvalue weighted by atomic mass is 16.3. The summed E-state index contributed by atoms with van der Waals surface area (Å²) >= 11 is 0. The van der Waals surface area contributed by atoms with Gasteiger partial charge in [-0.3, -0.25) is 0 Å². The number of benzene rings is 12.